The van der Waals surface area contributed by atoms with Crippen molar-refractivity contribution < 1.29 is 14.7 Å². The lowest BCUT2D eigenvalue weighted by Gasteiger charge is -2.21. The molecule has 0 atom stereocenters. The summed E-state index contributed by atoms with van der Waals surface area (Å²) >= 11 is 5.89. The number of halogens is 1. The first-order valence-electron chi connectivity index (χ1n) is 11.0. The van der Waals surface area contributed by atoms with E-state index in [4.69, 9.17) is 11.6 Å². The monoisotopic (exact) mass is 479 g/mol. The van der Waals surface area contributed by atoms with Crippen LogP contribution in [0.5, 0.6) is 5.75 Å². The zero-order valence-electron chi connectivity index (χ0n) is 18.8. The summed E-state index contributed by atoms with van der Waals surface area (Å²) in [5.41, 5.74) is 1.01. The lowest BCUT2D eigenvalue weighted by Crippen LogP contribution is -2.29. The van der Waals surface area contributed by atoms with Gasteiger partial charge in [-0.25, -0.2) is 4.98 Å². The highest BCUT2D eigenvalue weighted by molar-refractivity contribution is 6.30. The van der Waals surface area contributed by atoms with Crippen LogP contribution in [0.3, 0.4) is 0 Å². The zero-order valence-corrected chi connectivity index (χ0v) is 19.5. The maximum absolute atomic E-state index is 12.9. The lowest BCUT2D eigenvalue weighted by molar-refractivity contribution is 0.102. The molecule has 1 aliphatic heterocycles. The number of benzene rings is 2. The van der Waals surface area contributed by atoms with Gasteiger partial charge in [0.05, 0.1) is 16.8 Å². The fourth-order valence-corrected chi connectivity index (χ4v) is 3.89. The molecule has 4 rings (SSSR count). The minimum atomic E-state index is -0.479. The molecule has 2 heterocycles. The highest BCUT2D eigenvalue weighted by Gasteiger charge is 2.19. The van der Waals surface area contributed by atoms with Gasteiger partial charge in [0.2, 0.25) is 0 Å². The number of anilines is 3. The van der Waals surface area contributed by atoms with Gasteiger partial charge in [-0.05, 0) is 68.5 Å². The second-order valence-electron chi connectivity index (χ2n) is 8.16. The molecule has 0 spiro atoms. The van der Waals surface area contributed by atoms with Crippen LogP contribution in [0.25, 0.3) is 0 Å². The number of amides is 2. The van der Waals surface area contributed by atoms with Crippen molar-refractivity contribution in [3.8, 4) is 5.75 Å². The molecule has 0 aliphatic carbocycles. The van der Waals surface area contributed by atoms with Crippen molar-refractivity contribution in [1.82, 2.24) is 9.88 Å². The molecule has 0 unspecified atom stereocenters. The van der Waals surface area contributed by atoms with E-state index in [2.05, 4.69) is 32.5 Å². The van der Waals surface area contributed by atoms with Crippen molar-refractivity contribution in [2.24, 2.45) is 0 Å². The summed E-state index contributed by atoms with van der Waals surface area (Å²) in [6, 6.07) is 14.6. The molecule has 1 fully saturated rings. The Hall–Kier alpha value is -3.62. The Kier molecular flexibility index (Phi) is 7.30. The van der Waals surface area contributed by atoms with Crippen LogP contribution >= 0.6 is 11.6 Å². The summed E-state index contributed by atoms with van der Waals surface area (Å²) in [4.78, 5) is 34.7. The maximum Gasteiger partial charge on any atom is 0.257 e. The Balaban J connectivity index is 1.48. The van der Waals surface area contributed by atoms with E-state index in [0.29, 0.717) is 16.3 Å². The number of likely N-dealkylation sites (N-methyl/N-ethyl adjacent to an activating group) is 1. The van der Waals surface area contributed by atoms with Gasteiger partial charge in [0.15, 0.2) is 0 Å². The summed E-state index contributed by atoms with van der Waals surface area (Å²) in [5.74, 6) is -0.349. The number of phenols is 1. The van der Waals surface area contributed by atoms with Crippen LogP contribution < -0.4 is 15.5 Å². The number of hydrogen-bond acceptors (Lipinski definition) is 6. The van der Waals surface area contributed by atoms with Crippen LogP contribution in [0.1, 0.15) is 27.1 Å². The van der Waals surface area contributed by atoms with Crippen molar-refractivity contribution >= 4 is 40.6 Å². The average molecular weight is 480 g/mol. The lowest BCUT2D eigenvalue weighted by atomic mass is 10.1. The first-order valence-corrected chi connectivity index (χ1v) is 11.4. The molecular weight excluding hydrogens is 454 g/mol. The van der Waals surface area contributed by atoms with Gasteiger partial charge in [0.25, 0.3) is 11.8 Å². The van der Waals surface area contributed by atoms with Crippen LogP contribution in [0.2, 0.25) is 5.02 Å². The Morgan fingerprint density at radius 2 is 1.74 bits per heavy atom. The van der Waals surface area contributed by atoms with E-state index >= 15 is 0 Å². The smallest absolute Gasteiger partial charge is 0.257 e. The third kappa shape index (κ3) is 5.65. The first kappa shape index (κ1) is 23.5. The summed E-state index contributed by atoms with van der Waals surface area (Å²) in [6.07, 6.45) is 2.56. The van der Waals surface area contributed by atoms with Crippen molar-refractivity contribution in [3.63, 3.8) is 0 Å². The van der Waals surface area contributed by atoms with Gasteiger partial charge in [-0.1, -0.05) is 17.7 Å². The minimum Gasteiger partial charge on any atom is -0.506 e. The number of carbonyl (C=O) groups excluding carboxylic acids is 2. The third-order valence-electron chi connectivity index (χ3n) is 5.68. The van der Waals surface area contributed by atoms with E-state index in [1.54, 1.807) is 30.3 Å². The molecule has 8 nitrogen and oxygen atoms in total. The Bertz CT molecular complexity index is 1170. The number of nitrogens with one attached hydrogen (secondary N) is 2. The number of nitrogens with zero attached hydrogens (tertiary/aromatic N) is 3. The molecule has 2 amide bonds. The van der Waals surface area contributed by atoms with E-state index in [9.17, 15) is 14.7 Å². The van der Waals surface area contributed by atoms with Crippen LogP contribution in [0, 0.1) is 0 Å². The van der Waals surface area contributed by atoms with Crippen molar-refractivity contribution in [1.29, 1.82) is 0 Å². The Labute approximate surface area is 203 Å². The van der Waals surface area contributed by atoms with E-state index in [-0.39, 0.29) is 17.0 Å². The summed E-state index contributed by atoms with van der Waals surface area (Å²) < 4.78 is 0. The maximum atomic E-state index is 12.9. The molecular formula is C25H26ClN5O3. The molecule has 3 aromatic rings. The third-order valence-corrected chi connectivity index (χ3v) is 5.93. The molecule has 9 heteroatoms. The number of aromatic nitrogens is 1. The summed E-state index contributed by atoms with van der Waals surface area (Å²) in [5, 5.41) is 16.3. The predicted molar refractivity (Wildman–Crippen MR) is 134 cm³/mol. The normalized spacial score (nSPS) is 14.4. The van der Waals surface area contributed by atoms with E-state index in [0.717, 1.165) is 38.4 Å². The number of para-hydroxylation sites is 1. The van der Waals surface area contributed by atoms with Crippen molar-refractivity contribution in [2.75, 3.05) is 48.8 Å². The number of phenolic OH excluding ortho intramolecular Hbond substituents is 1. The molecule has 1 saturated heterocycles. The molecule has 3 N–H and O–H groups in total. The molecule has 1 aliphatic rings. The van der Waals surface area contributed by atoms with Gasteiger partial charge in [-0.15, -0.1) is 0 Å². The standard InChI is InChI=1S/C25H26ClN5O3/c1-30-12-3-13-31(15-14-30)22-11-6-17(16-27-22)24(33)29-23-20(4-2-5-21(23)32)25(34)28-19-9-7-18(26)8-10-19/h2,4-11,16,32H,3,12-15H2,1H3,(H,28,34)(H,29,33). The highest BCUT2D eigenvalue weighted by atomic mass is 35.5. The summed E-state index contributed by atoms with van der Waals surface area (Å²) in [6.45, 7) is 3.79. The van der Waals surface area contributed by atoms with Gasteiger partial charge in [0, 0.05) is 36.5 Å². The van der Waals surface area contributed by atoms with Crippen LogP contribution in [-0.4, -0.2) is 60.0 Å². The molecule has 0 saturated carbocycles. The number of pyridine rings is 1. The van der Waals surface area contributed by atoms with Gasteiger partial charge in [-0.2, -0.15) is 0 Å². The molecule has 176 valence electrons. The quantitative estimate of drug-likeness (QED) is 0.477. The topological polar surface area (TPSA) is 97.8 Å². The molecule has 1 aromatic heterocycles. The largest absolute Gasteiger partial charge is 0.506 e. The summed E-state index contributed by atoms with van der Waals surface area (Å²) in [7, 11) is 2.10. The predicted octanol–water partition coefficient (Wildman–Crippen LogP) is 4.09. The Morgan fingerprint density at radius 3 is 2.47 bits per heavy atom. The molecule has 0 radical (unpaired) electrons. The fourth-order valence-electron chi connectivity index (χ4n) is 3.76. The van der Waals surface area contributed by atoms with Crippen LogP contribution in [-0.2, 0) is 0 Å². The minimum absolute atomic E-state index is 0.0265. The number of carbonyl (C=O) groups is 2. The van der Waals surface area contributed by atoms with E-state index in [1.165, 1.54) is 24.4 Å². The second kappa shape index (κ2) is 10.5. The Morgan fingerprint density at radius 1 is 0.941 bits per heavy atom. The first-order chi connectivity index (χ1) is 16.4. The van der Waals surface area contributed by atoms with E-state index < -0.39 is 11.8 Å². The molecule has 34 heavy (non-hydrogen) atoms. The van der Waals surface area contributed by atoms with Gasteiger partial charge >= 0.3 is 0 Å². The fraction of sp³-hybridized carbons (Fsp3) is 0.240. The van der Waals surface area contributed by atoms with Crippen molar-refractivity contribution in [3.05, 3.63) is 76.9 Å². The van der Waals surface area contributed by atoms with Crippen LogP contribution in [0.4, 0.5) is 17.2 Å². The zero-order chi connectivity index (χ0) is 24.1. The van der Waals surface area contributed by atoms with Gasteiger partial charge in [-0.3, -0.25) is 9.59 Å². The van der Waals surface area contributed by atoms with Gasteiger partial charge in [0.1, 0.15) is 11.6 Å². The highest BCUT2D eigenvalue weighted by Crippen LogP contribution is 2.29. The molecule has 0 bridgehead atoms. The van der Waals surface area contributed by atoms with Crippen molar-refractivity contribution in [2.45, 2.75) is 6.42 Å². The molecule has 2 aromatic carbocycles. The van der Waals surface area contributed by atoms with Gasteiger partial charge < -0.3 is 25.5 Å². The second-order valence-corrected chi connectivity index (χ2v) is 8.60. The SMILES string of the molecule is CN1CCCN(c2ccc(C(=O)Nc3c(O)cccc3C(=O)Nc3ccc(Cl)cc3)cn2)CC1. The number of aromatic hydroxyl groups is 1. The number of hydrogen-bond donors (Lipinski definition) is 3. The van der Waals surface area contributed by atoms with E-state index in [1.807, 2.05) is 6.07 Å². The number of rotatable bonds is 5. The van der Waals surface area contributed by atoms with Crippen LogP contribution in [0.15, 0.2) is 60.8 Å². The average Bonchev–Trinajstić information content (AvgIpc) is 3.06.